The van der Waals surface area contributed by atoms with E-state index < -0.39 is 23.0 Å². The van der Waals surface area contributed by atoms with Crippen LogP contribution in [0.25, 0.3) is 0 Å². The minimum absolute atomic E-state index is 0.0384. The highest BCUT2D eigenvalue weighted by Crippen LogP contribution is 2.33. The molecule has 34 heavy (non-hydrogen) atoms. The van der Waals surface area contributed by atoms with Gasteiger partial charge in [-0.25, -0.2) is 4.39 Å². The molecule has 178 valence electrons. The van der Waals surface area contributed by atoms with E-state index >= 15 is 0 Å². The van der Waals surface area contributed by atoms with E-state index in [1.165, 1.54) is 18.2 Å². The van der Waals surface area contributed by atoms with E-state index in [-0.39, 0.29) is 11.5 Å². The van der Waals surface area contributed by atoms with Gasteiger partial charge < -0.3 is 9.47 Å². The molecule has 0 amide bonds. The number of aryl methyl sites for hydroxylation is 1. The van der Waals surface area contributed by atoms with Gasteiger partial charge in [0.25, 0.3) is 0 Å². The number of ether oxygens (including phenoxy) is 2. The smallest absolute Gasteiger partial charge is 0.416 e. The lowest BCUT2D eigenvalue weighted by Gasteiger charge is -2.24. The minimum Gasteiger partial charge on any atom is -0.494 e. The lowest BCUT2D eigenvalue weighted by Crippen LogP contribution is -2.19. The van der Waals surface area contributed by atoms with Crippen molar-refractivity contribution in [2.45, 2.75) is 44.7 Å². The van der Waals surface area contributed by atoms with Crippen LogP contribution in [0.15, 0.2) is 66.7 Å². The zero-order chi connectivity index (χ0) is 24.8. The molecule has 0 aliphatic rings. The average molecular weight is 471 g/mol. The predicted octanol–water partition coefficient (Wildman–Crippen LogP) is 7.95. The Morgan fingerprint density at radius 3 is 2.09 bits per heavy atom. The summed E-state index contributed by atoms with van der Waals surface area (Å²) in [7, 11) is 0. The van der Waals surface area contributed by atoms with Crippen LogP contribution in [0.1, 0.15) is 43.4 Å². The number of alkyl halides is 3. The zero-order valence-corrected chi connectivity index (χ0v) is 19.1. The molecular weight excluding hydrogens is 444 g/mol. The van der Waals surface area contributed by atoms with Gasteiger partial charge in [-0.05, 0) is 92.8 Å². The van der Waals surface area contributed by atoms with Crippen molar-refractivity contribution in [3.8, 4) is 29.6 Å². The maximum absolute atomic E-state index is 14.3. The van der Waals surface area contributed by atoms with Gasteiger partial charge in [0.1, 0.15) is 11.5 Å². The Morgan fingerprint density at radius 1 is 0.882 bits per heavy atom. The molecule has 0 fully saturated rings. The number of hydrogen-bond acceptors (Lipinski definition) is 2. The molecule has 1 unspecified atom stereocenters. The monoisotopic (exact) mass is 470 g/mol. The van der Waals surface area contributed by atoms with Crippen molar-refractivity contribution >= 4 is 0 Å². The number of benzene rings is 3. The van der Waals surface area contributed by atoms with Crippen LogP contribution in [0.3, 0.4) is 0 Å². The summed E-state index contributed by atoms with van der Waals surface area (Å²) in [6, 6.07) is 16.4. The lowest BCUT2D eigenvalue weighted by atomic mass is 9.78. The Morgan fingerprint density at radius 2 is 1.50 bits per heavy atom. The fourth-order valence-corrected chi connectivity index (χ4v) is 3.65. The topological polar surface area (TPSA) is 18.5 Å². The van der Waals surface area contributed by atoms with Crippen LogP contribution in [-0.2, 0) is 18.0 Å². The van der Waals surface area contributed by atoms with Crippen LogP contribution in [0.5, 0.6) is 17.2 Å². The molecule has 0 radical (unpaired) electrons. The van der Waals surface area contributed by atoms with E-state index in [0.717, 1.165) is 35.4 Å². The summed E-state index contributed by atoms with van der Waals surface area (Å²) in [5, 5.41) is 0. The van der Waals surface area contributed by atoms with Crippen molar-refractivity contribution in [1.82, 2.24) is 0 Å². The van der Waals surface area contributed by atoms with E-state index in [4.69, 9.17) is 15.9 Å². The van der Waals surface area contributed by atoms with Gasteiger partial charge in [0.05, 0.1) is 17.6 Å². The van der Waals surface area contributed by atoms with E-state index in [2.05, 4.69) is 5.92 Å². The largest absolute Gasteiger partial charge is 0.494 e. The van der Waals surface area contributed by atoms with Crippen LogP contribution < -0.4 is 9.47 Å². The van der Waals surface area contributed by atoms with Crippen molar-refractivity contribution in [1.29, 1.82) is 0 Å². The highest BCUT2D eigenvalue weighted by atomic mass is 19.4. The average Bonchev–Trinajstić information content (AvgIpc) is 2.81. The Balaban J connectivity index is 1.65. The Kier molecular flexibility index (Phi) is 7.88. The molecule has 1 atom stereocenters. The molecule has 0 aromatic heterocycles. The second-order valence-corrected chi connectivity index (χ2v) is 8.18. The van der Waals surface area contributed by atoms with Gasteiger partial charge in [-0.15, -0.1) is 6.42 Å². The summed E-state index contributed by atoms with van der Waals surface area (Å²) in [5.41, 5.74) is 0.598. The van der Waals surface area contributed by atoms with E-state index in [1.54, 1.807) is 12.1 Å². The molecular formula is C28H26F4O2. The number of rotatable bonds is 9. The fraction of sp³-hybridized carbons (Fsp3) is 0.286. The van der Waals surface area contributed by atoms with Gasteiger partial charge in [-0.1, -0.05) is 24.1 Å². The molecule has 0 aliphatic carbocycles. The first-order valence-corrected chi connectivity index (χ1v) is 11.0. The van der Waals surface area contributed by atoms with E-state index in [1.807, 2.05) is 38.1 Å². The van der Waals surface area contributed by atoms with Gasteiger partial charge in [0, 0.05) is 0 Å². The first-order chi connectivity index (χ1) is 16.1. The molecule has 3 aromatic carbocycles. The highest BCUT2D eigenvalue weighted by Gasteiger charge is 2.30. The molecule has 0 saturated carbocycles. The summed E-state index contributed by atoms with van der Waals surface area (Å²) >= 11 is 0. The summed E-state index contributed by atoms with van der Waals surface area (Å²) in [4.78, 5) is 0. The van der Waals surface area contributed by atoms with Crippen molar-refractivity contribution in [3.05, 3.63) is 89.2 Å². The van der Waals surface area contributed by atoms with Crippen molar-refractivity contribution in [2.24, 2.45) is 0 Å². The summed E-state index contributed by atoms with van der Waals surface area (Å²) in [5.74, 6) is 3.18. The molecule has 0 bridgehead atoms. The molecule has 0 heterocycles. The molecule has 0 aliphatic heterocycles. The Hall–Kier alpha value is -3.46. The molecule has 3 aromatic rings. The molecule has 0 spiro atoms. The molecule has 6 heteroatoms. The third-order valence-corrected chi connectivity index (χ3v) is 5.67. The summed E-state index contributed by atoms with van der Waals surface area (Å²) < 4.78 is 63.4. The van der Waals surface area contributed by atoms with Gasteiger partial charge in [-0.2, -0.15) is 13.2 Å². The first kappa shape index (κ1) is 25.2. The second-order valence-electron chi connectivity index (χ2n) is 8.18. The van der Waals surface area contributed by atoms with Crippen molar-refractivity contribution in [3.63, 3.8) is 0 Å². The first-order valence-electron chi connectivity index (χ1n) is 11.0. The maximum Gasteiger partial charge on any atom is 0.416 e. The predicted molar refractivity (Wildman–Crippen MR) is 125 cm³/mol. The van der Waals surface area contributed by atoms with Crippen molar-refractivity contribution < 1.29 is 27.0 Å². The van der Waals surface area contributed by atoms with Gasteiger partial charge in [0.2, 0.25) is 0 Å². The molecule has 2 nitrogen and oxygen atoms in total. The normalized spacial score (nSPS) is 13.1. The third-order valence-electron chi connectivity index (χ3n) is 5.67. The maximum atomic E-state index is 14.3. The summed E-state index contributed by atoms with van der Waals surface area (Å²) in [6.45, 7) is 4.52. The third kappa shape index (κ3) is 6.32. The van der Waals surface area contributed by atoms with Crippen LogP contribution in [0, 0.1) is 18.2 Å². The van der Waals surface area contributed by atoms with Gasteiger partial charge in [-0.3, -0.25) is 0 Å². The lowest BCUT2D eigenvalue weighted by molar-refractivity contribution is -0.137. The Bertz CT molecular complexity index is 1130. The SMILES string of the molecule is C#CC(C)(CCCc1ccc(F)c(Oc2ccc(C(F)(F)F)cc2)c1)c1ccc(OCC)cc1. The van der Waals surface area contributed by atoms with E-state index in [0.29, 0.717) is 19.4 Å². The van der Waals surface area contributed by atoms with Gasteiger partial charge in [0.15, 0.2) is 11.6 Å². The molecule has 0 saturated heterocycles. The minimum atomic E-state index is -4.44. The quantitative estimate of drug-likeness (QED) is 0.233. The molecule has 0 N–H and O–H groups in total. The standard InChI is InChI=1S/C28H26F4O2/c1-4-27(3,21-9-13-23(14-10-21)33-5-2)18-6-7-20-8-17-25(29)26(19-20)34-24-15-11-22(12-16-24)28(30,31)32/h1,8-17,19H,5-7,18H2,2-3H3. The van der Waals surface area contributed by atoms with Crippen LogP contribution in [0.4, 0.5) is 17.6 Å². The van der Waals surface area contributed by atoms with Crippen molar-refractivity contribution in [2.75, 3.05) is 6.61 Å². The highest BCUT2D eigenvalue weighted by molar-refractivity contribution is 5.38. The van der Waals surface area contributed by atoms with Crippen LogP contribution in [-0.4, -0.2) is 6.61 Å². The number of terminal acetylenes is 1. The Labute approximate surface area is 197 Å². The fourth-order valence-electron chi connectivity index (χ4n) is 3.65. The second kappa shape index (κ2) is 10.6. The molecule has 3 rings (SSSR count). The zero-order valence-electron chi connectivity index (χ0n) is 19.1. The van der Waals surface area contributed by atoms with Gasteiger partial charge >= 0.3 is 6.18 Å². The van der Waals surface area contributed by atoms with Crippen LogP contribution in [0.2, 0.25) is 0 Å². The number of halogens is 4. The summed E-state index contributed by atoms with van der Waals surface area (Å²) in [6.07, 6.45) is 3.52. The van der Waals surface area contributed by atoms with Crippen LogP contribution >= 0.6 is 0 Å². The number of hydrogen-bond donors (Lipinski definition) is 0. The van der Waals surface area contributed by atoms with E-state index in [9.17, 15) is 17.6 Å².